The Balaban J connectivity index is 2.03. The Morgan fingerprint density at radius 2 is 2.14 bits per heavy atom. The lowest BCUT2D eigenvalue weighted by Gasteiger charge is -2.18. The molecule has 1 saturated carbocycles. The van der Waals surface area contributed by atoms with Crippen molar-refractivity contribution in [2.45, 2.75) is 46.1 Å². The van der Waals surface area contributed by atoms with E-state index in [9.17, 15) is 14.7 Å². The molecule has 5 nitrogen and oxygen atoms in total. The maximum absolute atomic E-state index is 12.4. The number of aryl methyl sites for hydroxylation is 1. The number of carbonyl (C=O) groups is 2. The zero-order chi connectivity index (χ0) is 15.6. The summed E-state index contributed by atoms with van der Waals surface area (Å²) >= 11 is 1.55. The lowest BCUT2D eigenvalue weighted by Crippen LogP contribution is -2.36. The van der Waals surface area contributed by atoms with Crippen molar-refractivity contribution in [1.82, 2.24) is 10.3 Å². The minimum Gasteiger partial charge on any atom is -0.481 e. The lowest BCUT2D eigenvalue weighted by atomic mass is 9.95. The molecular formula is C15H22N2O3S. The highest BCUT2D eigenvalue weighted by Crippen LogP contribution is 2.38. The second-order valence-electron chi connectivity index (χ2n) is 5.84. The second kappa shape index (κ2) is 6.56. The van der Waals surface area contributed by atoms with E-state index in [0.29, 0.717) is 18.8 Å². The SMILES string of the molecule is CCC1CC(C(=O)O)C(C(=O)NC(C)c2ncc(C)s2)C1. The number of hydrogen-bond acceptors (Lipinski definition) is 4. The van der Waals surface area contributed by atoms with Crippen molar-refractivity contribution < 1.29 is 14.7 Å². The molecule has 2 N–H and O–H groups in total. The van der Waals surface area contributed by atoms with Crippen LogP contribution in [0.1, 0.15) is 49.0 Å². The van der Waals surface area contributed by atoms with Gasteiger partial charge in [-0.25, -0.2) is 4.98 Å². The zero-order valence-corrected chi connectivity index (χ0v) is 13.4. The number of amides is 1. The number of aromatic nitrogens is 1. The molecule has 2 rings (SSSR count). The normalized spacial score (nSPS) is 26.5. The summed E-state index contributed by atoms with van der Waals surface area (Å²) in [5.41, 5.74) is 0. The van der Waals surface area contributed by atoms with Gasteiger partial charge in [0.05, 0.1) is 17.9 Å². The van der Waals surface area contributed by atoms with Crippen LogP contribution in [0.2, 0.25) is 0 Å². The van der Waals surface area contributed by atoms with Gasteiger partial charge in [-0.15, -0.1) is 11.3 Å². The van der Waals surface area contributed by atoms with Crippen LogP contribution in [0.5, 0.6) is 0 Å². The number of carbonyl (C=O) groups excluding carboxylic acids is 1. The summed E-state index contributed by atoms with van der Waals surface area (Å²) in [4.78, 5) is 29.1. The summed E-state index contributed by atoms with van der Waals surface area (Å²) in [6, 6.07) is -0.175. The fraction of sp³-hybridized carbons (Fsp3) is 0.667. The molecule has 1 heterocycles. The molecule has 0 saturated heterocycles. The van der Waals surface area contributed by atoms with Crippen LogP contribution in [0.4, 0.5) is 0 Å². The first-order chi connectivity index (χ1) is 9.92. The smallest absolute Gasteiger partial charge is 0.307 e. The average molecular weight is 310 g/mol. The topological polar surface area (TPSA) is 79.3 Å². The predicted octanol–water partition coefficient (Wildman–Crippen LogP) is 2.77. The van der Waals surface area contributed by atoms with Crippen LogP contribution in [0, 0.1) is 24.7 Å². The summed E-state index contributed by atoms with van der Waals surface area (Å²) < 4.78 is 0. The van der Waals surface area contributed by atoms with Crippen molar-refractivity contribution in [2.75, 3.05) is 0 Å². The molecule has 0 aromatic carbocycles. The van der Waals surface area contributed by atoms with E-state index in [1.165, 1.54) is 0 Å². The number of nitrogens with zero attached hydrogens (tertiary/aromatic N) is 1. The molecule has 1 aromatic rings. The van der Waals surface area contributed by atoms with Gasteiger partial charge in [-0.3, -0.25) is 9.59 Å². The van der Waals surface area contributed by atoms with Crippen molar-refractivity contribution >= 4 is 23.2 Å². The molecular weight excluding hydrogens is 288 g/mol. The average Bonchev–Trinajstić information content (AvgIpc) is 3.04. The maximum Gasteiger partial charge on any atom is 0.307 e. The van der Waals surface area contributed by atoms with Crippen molar-refractivity contribution in [3.8, 4) is 0 Å². The molecule has 0 bridgehead atoms. The summed E-state index contributed by atoms with van der Waals surface area (Å²) in [6.45, 7) is 5.90. The van der Waals surface area contributed by atoms with Gasteiger partial charge in [0.1, 0.15) is 5.01 Å². The number of thiazole rings is 1. The molecule has 0 spiro atoms. The molecule has 0 radical (unpaired) electrons. The lowest BCUT2D eigenvalue weighted by molar-refractivity contribution is -0.146. The Hall–Kier alpha value is -1.43. The molecule has 4 atom stereocenters. The van der Waals surface area contributed by atoms with Crippen LogP contribution in [0.25, 0.3) is 0 Å². The van der Waals surface area contributed by atoms with Gasteiger partial charge >= 0.3 is 5.97 Å². The van der Waals surface area contributed by atoms with E-state index in [4.69, 9.17) is 0 Å². The highest BCUT2D eigenvalue weighted by molar-refractivity contribution is 7.11. The zero-order valence-electron chi connectivity index (χ0n) is 12.6. The van der Waals surface area contributed by atoms with Crippen LogP contribution in [-0.2, 0) is 9.59 Å². The van der Waals surface area contributed by atoms with Crippen molar-refractivity contribution in [3.63, 3.8) is 0 Å². The van der Waals surface area contributed by atoms with Crippen LogP contribution in [0.3, 0.4) is 0 Å². The van der Waals surface area contributed by atoms with Crippen LogP contribution >= 0.6 is 11.3 Å². The molecule has 4 unspecified atom stereocenters. The molecule has 21 heavy (non-hydrogen) atoms. The number of carboxylic acids is 1. The number of rotatable bonds is 5. The van der Waals surface area contributed by atoms with E-state index in [0.717, 1.165) is 16.3 Å². The first-order valence-corrected chi connectivity index (χ1v) is 8.19. The third-order valence-electron chi connectivity index (χ3n) is 4.26. The standard InChI is InChI=1S/C15H22N2O3S/c1-4-10-5-11(12(6-10)15(19)20)13(18)17-9(3)14-16-7-8(2)21-14/h7,9-12H,4-6H2,1-3H3,(H,17,18)(H,19,20). The summed E-state index contributed by atoms with van der Waals surface area (Å²) in [5.74, 6) is -1.65. The molecule has 1 aliphatic rings. The molecule has 1 aliphatic carbocycles. The van der Waals surface area contributed by atoms with Gasteiger partial charge in [-0.1, -0.05) is 13.3 Å². The van der Waals surface area contributed by atoms with E-state index in [-0.39, 0.29) is 11.9 Å². The summed E-state index contributed by atoms with van der Waals surface area (Å²) in [5, 5.41) is 13.1. The largest absolute Gasteiger partial charge is 0.481 e. The van der Waals surface area contributed by atoms with Gasteiger partial charge in [0, 0.05) is 11.1 Å². The van der Waals surface area contributed by atoms with Gasteiger partial charge < -0.3 is 10.4 Å². The minimum atomic E-state index is -0.858. The number of hydrogen-bond donors (Lipinski definition) is 2. The van der Waals surface area contributed by atoms with E-state index in [2.05, 4.69) is 10.3 Å². The first-order valence-electron chi connectivity index (χ1n) is 7.37. The molecule has 0 aliphatic heterocycles. The van der Waals surface area contributed by atoms with E-state index in [1.807, 2.05) is 20.8 Å². The van der Waals surface area contributed by atoms with Gasteiger partial charge in [-0.2, -0.15) is 0 Å². The fourth-order valence-electron chi connectivity index (χ4n) is 2.99. The maximum atomic E-state index is 12.4. The van der Waals surface area contributed by atoms with Gasteiger partial charge in [0.2, 0.25) is 5.91 Å². The fourth-order valence-corrected chi connectivity index (χ4v) is 3.77. The van der Waals surface area contributed by atoms with E-state index >= 15 is 0 Å². The van der Waals surface area contributed by atoms with Crippen LogP contribution in [0.15, 0.2) is 6.20 Å². The monoisotopic (exact) mass is 310 g/mol. The summed E-state index contributed by atoms with van der Waals surface area (Å²) in [6.07, 6.45) is 3.98. The second-order valence-corrected chi connectivity index (χ2v) is 7.10. The number of carboxylic acid groups (broad SMARTS) is 1. The predicted molar refractivity (Wildman–Crippen MR) is 81.0 cm³/mol. The Morgan fingerprint density at radius 1 is 1.48 bits per heavy atom. The quantitative estimate of drug-likeness (QED) is 0.876. The van der Waals surface area contributed by atoms with Gasteiger partial charge in [0.15, 0.2) is 0 Å². The Kier molecular flexibility index (Phi) is 4.98. The Labute approximate surface area is 128 Å². The molecule has 6 heteroatoms. The van der Waals surface area contributed by atoms with E-state index < -0.39 is 17.8 Å². The third kappa shape index (κ3) is 3.61. The van der Waals surface area contributed by atoms with Crippen LogP contribution in [-0.4, -0.2) is 22.0 Å². The molecule has 1 amide bonds. The highest BCUT2D eigenvalue weighted by atomic mass is 32.1. The van der Waals surface area contributed by atoms with Crippen molar-refractivity contribution in [2.24, 2.45) is 17.8 Å². The van der Waals surface area contributed by atoms with Crippen molar-refractivity contribution in [1.29, 1.82) is 0 Å². The highest BCUT2D eigenvalue weighted by Gasteiger charge is 2.42. The van der Waals surface area contributed by atoms with Crippen molar-refractivity contribution in [3.05, 3.63) is 16.1 Å². The number of aliphatic carboxylic acids is 1. The number of nitrogens with one attached hydrogen (secondary N) is 1. The first kappa shape index (κ1) is 15.9. The molecule has 1 aromatic heterocycles. The third-order valence-corrected chi connectivity index (χ3v) is 5.36. The molecule has 116 valence electrons. The van der Waals surface area contributed by atoms with Gasteiger partial charge in [0.25, 0.3) is 0 Å². The summed E-state index contributed by atoms with van der Waals surface area (Å²) in [7, 11) is 0. The molecule has 1 fully saturated rings. The Morgan fingerprint density at radius 3 is 2.67 bits per heavy atom. The minimum absolute atomic E-state index is 0.154. The van der Waals surface area contributed by atoms with E-state index in [1.54, 1.807) is 17.5 Å². The Bertz CT molecular complexity index is 529. The van der Waals surface area contributed by atoms with Gasteiger partial charge in [-0.05, 0) is 32.6 Å². The van der Waals surface area contributed by atoms with Crippen LogP contribution < -0.4 is 5.32 Å².